The van der Waals surface area contributed by atoms with Crippen LogP contribution in [-0.4, -0.2) is 23.8 Å². The van der Waals surface area contributed by atoms with Crippen molar-refractivity contribution in [2.45, 2.75) is 11.3 Å². The minimum Gasteiger partial charge on any atom is -0.461 e. The van der Waals surface area contributed by atoms with E-state index >= 15 is 0 Å². The summed E-state index contributed by atoms with van der Waals surface area (Å²) in [6.45, 7) is 2.14. The summed E-state index contributed by atoms with van der Waals surface area (Å²) in [6, 6.07) is 0. The SMILES string of the molecule is CCOC(=O)c1nc(SC)sc1Br. The maximum absolute atomic E-state index is 11.3. The predicted octanol–water partition coefficient (Wildman–Crippen LogP) is 2.80. The number of thiazole rings is 1. The number of nitrogens with zero attached hydrogens (tertiary/aromatic N) is 1. The van der Waals surface area contributed by atoms with Crippen LogP contribution in [0.1, 0.15) is 17.4 Å². The lowest BCUT2D eigenvalue weighted by Crippen LogP contribution is -2.05. The number of aromatic nitrogens is 1. The third-order valence-electron chi connectivity index (χ3n) is 1.21. The number of carbonyl (C=O) groups excluding carboxylic acids is 1. The van der Waals surface area contributed by atoms with Crippen molar-refractivity contribution in [1.29, 1.82) is 0 Å². The van der Waals surface area contributed by atoms with Gasteiger partial charge in [-0.1, -0.05) is 23.1 Å². The molecule has 0 aliphatic carbocycles. The third kappa shape index (κ3) is 2.69. The molecule has 0 saturated heterocycles. The standard InChI is InChI=1S/C7H8BrNO2S2/c1-3-11-6(10)4-5(8)13-7(9-4)12-2/h3H2,1-2H3. The average Bonchev–Trinajstić information content (AvgIpc) is 2.47. The lowest BCUT2D eigenvalue weighted by Gasteiger charge is -1.96. The highest BCUT2D eigenvalue weighted by atomic mass is 79.9. The van der Waals surface area contributed by atoms with E-state index < -0.39 is 0 Å². The number of carbonyl (C=O) groups is 1. The summed E-state index contributed by atoms with van der Waals surface area (Å²) < 4.78 is 6.42. The summed E-state index contributed by atoms with van der Waals surface area (Å²) in [5.41, 5.74) is 0.371. The first-order chi connectivity index (χ1) is 6.19. The second-order valence-corrected chi connectivity index (χ2v) is 5.40. The van der Waals surface area contributed by atoms with Crippen LogP contribution in [0.4, 0.5) is 0 Å². The molecule has 72 valence electrons. The largest absolute Gasteiger partial charge is 0.461 e. The molecule has 0 amide bonds. The van der Waals surface area contributed by atoms with Gasteiger partial charge < -0.3 is 4.74 Å². The van der Waals surface area contributed by atoms with Crippen LogP contribution in [-0.2, 0) is 4.74 Å². The fourth-order valence-corrected chi connectivity index (χ4v) is 3.01. The molecule has 0 aliphatic rings. The Morgan fingerprint density at radius 1 is 1.77 bits per heavy atom. The first kappa shape index (κ1) is 11.0. The fraction of sp³-hybridized carbons (Fsp3) is 0.429. The summed E-state index contributed by atoms with van der Waals surface area (Å²) in [5.74, 6) is -0.370. The van der Waals surface area contributed by atoms with Crippen LogP contribution in [0, 0.1) is 0 Å². The number of hydrogen-bond donors (Lipinski definition) is 0. The van der Waals surface area contributed by atoms with Gasteiger partial charge in [0.1, 0.15) is 3.79 Å². The van der Waals surface area contributed by atoms with Gasteiger partial charge in [0.05, 0.1) is 6.61 Å². The van der Waals surface area contributed by atoms with E-state index in [1.54, 1.807) is 6.92 Å². The Balaban J connectivity index is 2.87. The lowest BCUT2D eigenvalue weighted by atomic mass is 10.5. The molecule has 0 aromatic carbocycles. The van der Waals surface area contributed by atoms with E-state index in [1.165, 1.54) is 23.1 Å². The van der Waals surface area contributed by atoms with Crippen LogP contribution >= 0.6 is 39.0 Å². The maximum atomic E-state index is 11.3. The number of hydrogen-bond acceptors (Lipinski definition) is 5. The van der Waals surface area contributed by atoms with Gasteiger partial charge in [-0.05, 0) is 29.1 Å². The maximum Gasteiger partial charge on any atom is 0.359 e. The molecule has 13 heavy (non-hydrogen) atoms. The zero-order valence-electron chi connectivity index (χ0n) is 7.17. The van der Waals surface area contributed by atoms with E-state index in [2.05, 4.69) is 20.9 Å². The highest BCUT2D eigenvalue weighted by Gasteiger charge is 2.16. The Bertz CT molecular complexity index is 313. The summed E-state index contributed by atoms with van der Waals surface area (Å²) in [4.78, 5) is 15.4. The summed E-state index contributed by atoms with van der Waals surface area (Å²) in [5, 5.41) is 0. The highest BCUT2D eigenvalue weighted by Crippen LogP contribution is 2.30. The Kier molecular flexibility index (Phi) is 4.21. The van der Waals surface area contributed by atoms with E-state index in [1.807, 2.05) is 6.26 Å². The summed E-state index contributed by atoms with van der Waals surface area (Å²) in [7, 11) is 0. The number of rotatable bonds is 3. The first-order valence-electron chi connectivity index (χ1n) is 3.56. The molecule has 1 heterocycles. The van der Waals surface area contributed by atoms with Crippen molar-refractivity contribution in [3.8, 4) is 0 Å². The number of esters is 1. The van der Waals surface area contributed by atoms with Crippen molar-refractivity contribution >= 4 is 45.0 Å². The Hall–Kier alpha value is -0.0700. The number of ether oxygens (including phenoxy) is 1. The first-order valence-corrected chi connectivity index (χ1v) is 6.40. The van der Waals surface area contributed by atoms with Crippen LogP contribution in [0.2, 0.25) is 0 Å². The molecule has 0 atom stereocenters. The Morgan fingerprint density at radius 3 is 2.92 bits per heavy atom. The van der Waals surface area contributed by atoms with Gasteiger partial charge in [-0.15, -0.1) is 0 Å². The fourth-order valence-electron chi connectivity index (χ4n) is 0.696. The van der Waals surface area contributed by atoms with E-state index in [-0.39, 0.29) is 5.97 Å². The van der Waals surface area contributed by atoms with Gasteiger partial charge in [0.25, 0.3) is 0 Å². The van der Waals surface area contributed by atoms with E-state index in [0.717, 1.165) is 8.13 Å². The second kappa shape index (κ2) is 4.97. The van der Waals surface area contributed by atoms with Gasteiger partial charge in [0.15, 0.2) is 10.0 Å². The van der Waals surface area contributed by atoms with Crippen molar-refractivity contribution in [3.63, 3.8) is 0 Å². The second-order valence-electron chi connectivity index (χ2n) is 2.03. The van der Waals surface area contributed by atoms with E-state index in [0.29, 0.717) is 12.3 Å². The van der Waals surface area contributed by atoms with Crippen molar-refractivity contribution < 1.29 is 9.53 Å². The molecule has 0 aliphatic heterocycles. The van der Waals surface area contributed by atoms with Crippen LogP contribution in [0.3, 0.4) is 0 Å². The van der Waals surface area contributed by atoms with Crippen molar-refractivity contribution in [3.05, 3.63) is 9.48 Å². The molecular weight excluding hydrogens is 274 g/mol. The van der Waals surface area contributed by atoms with Crippen molar-refractivity contribution in [1.82, 2.24) is 4.98 Å². The molecular formula is C7H8BrNO2S2. The number of halogens is 1. The smallest absolute Gasteiger partial charge is 0.359 e. The van der Waals surface area contributed by atoms with Crippen LogP contribution in [0.5, 0.6) is 0 Å². The van der Waals surface area contributed by atoms with Gasteiger partial charge >= 0.3 is 5.97 Å². The molecule has 0 saturated carbocycles. The lowest BCUT2D eigenvalue weighted by molar-refractivity contribution is 0.0519. The molecule has 1 rings (SSSR count). The van der Waals surface area contributed by atoms with Crippen molar-refractivity contribution in [2.75, 3.05) is 12.9 Å². The minimum absolute atomic E-state index is 0.370. The van der Waals surface area contributed by atoms with Gasteiger partial charge in [-0.25, -0.2) is 9.78 Å². The molecule has 1 aromatic rings. The minimum atomic E-state index is -0.370. The molecule has 0 bridgehead atoms. The normalized spacial score (nSPS) is 10.1. The summed E-state index contributed by atoms with van der Waals surface area (Å²) >= 11 is 6.22. The van der Waals surface area contributed by atoms with Crippen LogP contribution in [0.25, 0.3) is 0 Å². The molecule has 6 heteroatoms. The molecule has 0 unspecified atom stereocenters. The van der Waals surface area contributed by atoms with Crippen LogP contribution in [0.15, 0.2) is 8.13 Å². The zero-order chi connectivity index (χ0) is 9.84. The topological polar surface area (TPSA) is 39.2 Å². The van der Waals surface area contributed by atoms with Crippen molar-refractivity contribution in [2.24, 2.45) is 0 Å². The summed E-state index contributed by atoms with van der Waals surface area (Å²) in [6.07, 6.45) is 1.92. The molecule has 3 nitrogen and oxygen atoms in total. The molecule has 1 aromatic heterocycles. The predicted molar refractivity (Wildman–Crippen MR) is 57.6 cm³/mol. The average molecular weight is 282 g/mol. The molecule has 0 radical (unpaired) electrons. The Morgan fingerprint density at radius 2 is 2.46 bits per heavy atom. The number of thioether (sulfide) groups is 1. The monoisotopic (exact) mass is 281 g/mol. The molecule has 0 fully saturated rings. The third-order valence-corrected chi connectivity index (χ3v) is 3.90. The van der Waals surface area contributed by atoms with Crippen LogP contribution < -0.4 is 0 Å². The van der Waals surface area contributed by atoms with Gasteiger partial charge in [-0.2, -0.15) is 0 Å². The Labute approximate surface area is 93.0 Å². The van der Waals surface area contributed by atoms with Gasteiger partial charge in [-0.3, -0.25) is 0 Å². The van der Waals surface area contributed by atoms with E-state index in [9.17, 15) is 4.79 Å². The van der Waals surface area contributed by atoms with E-state index in [4.69, 9.17) is 4.74 Å². The van der Waals surface area contributed by atoms with Gasteiger partial charge in [0, 0.05) is 0 Å². The molecule has 0 N–H and O–H groups in total. The quantitative estimate of drug-likeness (QED) is 0.631. The highest BCUT2D eigenvalue weighted by molar-refractivity contribution is 9.11. The molecule has 0 spiro atoms. The van der Waals surface area contributed by atoms with Gasteiger partial charge in [0.2, 0.25) is 0 Å². The zero-order valence-corrected chi connectivity index (χ0v) is 10.4.